The molecule has 0 bridgehead atoms. The fourth-order valence-electron chi connectivity index (χ4n) is 2.05. The normalized spacial score (nSPS) is 16.7. The second-order valence-corrected chi connectivity index (χ2v) is 5.76. The first-order valence-electron chi connectivity index (χ1n) is 6.32. The average Bonchev–Trinajstić information content (AvgIpc) is 2.83. The Morgan fingerprint density at radius 3 is 2.36 bits per heavy atom. The van der Waals surface area contributed by atoms with E-state index in [1.807, 2.05) is 12.1 Å². The number of rotatable bonds is 2. The lowest BCUT2D eigenvalue weighted by Crippen LogP contribution is -2.35. The van der Waals surface area contributed by atoms with E-state index >= 15 is 0 Å². The van der Waals surface area contributed by atoms with Crippen LogP contribution in [0.1, 0.15) is 5.56 Å². The summed E-state index contributed by atoms with van der Waals surface area (Å²) in [5.74, 6) is -1.60. The van der Waals surface area contributed by atoms with Crippen molar-refractivity contribution in [2.45, 2.75) is 0 Å². The van der Waals surface area contributed by atoms with Crippen LogP contribution in [-0.2, 0) is 9.59 Å². The molecule has 1 aromatic carbocycles. The van der Waals surface area contributed by atoms with Gasteiger partial charge in [-0.25, -0.2) is 5.01 Å². The molecule has 2 N–H and O–H groups in total. The Morgan fingerprint density at radius 1 is 1.09 bits per heavy atom. The van der Waals surface area contributed by atoms with Gasteiger partial charge in [0.2, 0.25) is 0 Å². The van der Waals surface area contributed by atoms with Crippen LogP contribution in [0.4, 0.5) is 5.69 Å². The lowest BCUT2D eigenvalue weighted by atomic mass is 10.1. The van der Waals surface area contributed by atoms with Crippen LogP contribution in [-0.4, -0.2) is 21.9 Å². The summed E-state index contributed by atoms with van der Waals surface area (Å²) in [6, 6.07) is 10.1. The van der Waals surface area contributed by atoms with E-state index in [1.165, 1.54) is 24.5 Å². The van der Waals surface area contributed by atoms with Gasteiger partial charge < -0.3 is 5.11 Å². The topological polar surface area (TPSA) is 82.5 Å². The highest BCUT2D eigenvalue weighted by Gasteiger charge is 2.37. The lowest BCUT2D eigenvalue weighted by molar-refractivity contribution is -0.117. The Hall–Kier alpha value is -2.42. The molecule has 7 heteroatoms. The number of aromatic nitrogens is 1. The Bertz CT molecular complexity index is 772. The second-order valence-electron chi connectivity index (χ2n) is 4.52. The second kappa shape index (κ2) is 5.76. The maximum absolute atomic E-state index is 12.4. The van der Waals surface area contributed by atoms with E-state index in [0.717, 1.165) is 8.58 Å². The molecule has 0 saturated carbocycles. The van der Waals surface area contributed by atoms with Crippen LogP contribution >= 0.6 is 22.6 Å². The van der Waals surface area contributed by atoms with E-state index < -0.39 is 11.8 Å². The van der Waals surface area contributed by atoms with Gasteiger partial charge in [-0.15, -0.1) is 0 Å². The predicted octanol–water partition coefficient (Wildman–Crippen LogP) is 2.03. The van der Waals surface area contributed by atoms with Gasteiger partial charge in [0.05, 0.1) is 5.69 Å². The zero-order valence-corrected chi connectivity index (χ0v) is 13.3. The van der Waals surface area contributed by atoms with E-state index in [1.54, 1.807) is 12.1 Å². The number of hydrogen-bond acceptors (Lipinski definition) is 4. The molecule has 6 nitrogen and oxygen atoms in total. The number of pyridine rings is 1. The number of aliphatic hydroxyl groups excluding tert-OH is 1. The van der Waals surface area contributed by atoms with Crippen LogP contribution < -0.4 is 10.4 Å². The molecule has 0 unspecified atom stereocenters. The largest absolute Gasteiger partial charge is 0.506 e. The molecule has 1 fully saturated rings. The van der Waals surface area contributed by atoms with E-state index in [4.69, 9.17) is 0 Å². The van der Waals surface area contributed by atoms with Gasteiger partial charge in [-0.2, -0.15) is 0 Å². The van der Waals surface area contributed by atoms with Crippen molar-refractivity contribution in [3.63, 3.8) is 0 Å². The molecular formula is C15H10IN3O3. The Morgan fingerprint density at radius 2 is 1.73 bits per heavy atom. The molecule has 1 saturated heterocycles. The molecule has 1 aliphatic rings. The number of halogens is 1. The number of nitrogens with one attached hydrogen (secondary N) is 1. The van der Waals surface area contributed by atoms with Crippen LogP contribution in [0, 0.1) is 3.57 Å². The molecule has 110 valence electrons. The number of hydrazine groups is 1. The fourth-order valence-corrected chi connectivity index (χ4v) is 2.41. The summed E-state index contributed by atoms with van der Waals surface area (Å²) < 4.78 is 1.01. The van der Waals surface area contributed by atoms with E-state index in [-0.39, 0.29) is 11.3 Å². The molecular weight excluding hydrogens is 397 g/mol. The van der Waals surface area contributed by atoms with Gasteiger partial charge >= 0.3 is 0 Å². The standard InChI is InChI=1S/C15H10IN3O3/c16-10-1-3-11(4-2-10)19-15(22)12(14(21)18-19)13(20)9-5-7-17-8-6-9/h1-8,20H,(H,18,21). The number of nitrogens with zero attached hydrogens (tertiary/aromatic N) is 2. The molecule has 22 heavy (non-hydrogen) atoms. The first-order chi connectivity index (χ1) is 10.6. The van der Waals surface area contributed by atoms with Crippen molar-refractivity contribution in [1.82, 2.24) is 10.4 Å². The summed E-state index contributed by atoms with van der Waals surface area (Å²) in [4.78, 5) is 28.3. The number of carbonyl (C=O) groups excluding carboxylic acids is 2. The lowest BCUT2D eigenvalue weighted by Gasteiger charge is -2.14. The summed E-state index contributed by atoms with van der Waals surface area (Å²) in [6.07, 6.45) is 2.95. The molecule has 0 atom stereocenters. The summed E-state index contributed by atoms with van der Waals surface area (Å²) in [5, 5.41) is 11.3. The molecule has 0 spiro atoms. The molecule has 2 aromatic rings. The summed E-state index contributed by atoms with van der Waals surface area (Å²) in [6.45, 7) is 0. The van der Waals surface area contributed by atoms with Crippen molar-refractivity contribution in [2.75, 3.05) is 5.01 Å². The Kier molecular flexibility index (Phi) is 3.80. The number of amides is 2. The maximum Gasteiger partial charge on any atom is 0.286 e. The first kappa shape index (κ1) is 14.5. The number of benzene rings is 1. The van der Waals surface area contributed by atoms with Gasteiger partial charge in [0, 0.05) is 21.5 Å². The zero-order chi connectivity index (χ0) is 15.7. The highest BCUT2D eigenvalue weighted by atomic mass is 127. The minimum atomic E-state index is -0.641. The van der Waals surface area contributed by atoms with Crippen LogP contribution in [0.5, 0.6) is 0 Å². The number of hydrogen-bond donors (Lipinski definition) is 2. The maximum atomic E-state index is 12.4. The van der Waals surface area contributed by atoms with E-state index in [0.29, 0.717) is 11.3 Å². The smallest absolute Gasteiger partial charge is 0.286 e. The van der Waals surface area contributed by atoms with Gasteiger partial charge in [-0.3, -0.25) is 20.0 Å². The number of carbonyl (C=O) groups is 2. The van der Waals surface area contributed by atoms with Gasteiger partial charge in [0.1, 0.15) is 5.76 Å². The fraction of sp³-hybridized carbons (Fsp3) is 0. The first-order valence-corrected chi connectivity index (χ1v) is 7.40. The van der Waals surface area contributed by atoms with Crippen molar-refractivity contribution in [3.05, 3.63) is 63.5 Å². The average molecular weight is 407 g/mol. The van der Waals surface area contributed by atoms with Crippen LogP contribution in [0.25, 0.3) is 5.76 Å². The summed E-state index contributed by atoms with van der Waals surface area (Å²) in [7, 11) is 0. The van der Waals surface area contributed by atoms with Crippen LogP contribution in [0.15, 0.2) is 54.4 Å². The molecule has 0 aliphatic carbocycles. The SMILES string of the molecule is O=C1NN(c2ccc(I)cc2)C(=O)C1=C(O)c1ccncc1. The third kappa shape index (κ3) is 2.54. The minimum absolute atomic E-state index is 0.287. The van der Waals surface area contributed by atoms with Gasteiger partial charge in [-0.05, 0) is 59.0 Å². The van der Waals surface area contributed by atoms with Crippen molar-refractivity contribution >= 4 is 45.9 Å². The van der Waals surface area contributed by atoms with Crippen molar-refractivity contribution in [1.29, 1.82) is 0 Å². The third-order valence-electron chi connectivity index (χ3n) is 3.13. The molecule has 1 aromatic heterocycles. The summed E-state index contributed by atoms with van der Waals surface area (Å²) in [5.41, 5.74) is 3.05. The number of aliphatic hydroxyl groups is 1. The molecule has 2 amide bonds. The Balaban J connectivity index is 2.00. The van der Waals surface area contributed by atoms with Crippen molar-refractivity contribution in [3.8, 4) is 0 Å². The predicted molar refractivity (Wildman–Crippen MR) is 88.6 cm³/mol. The minimum Gasteiger partial charge on any atom is -0.506 e. The monoisotopic (exact) mass is 407 g/mol. The summed E-state index contributed by atoms with van der Waals surface area (Å²) >= 11 is 2.15. The molecule has 3 rings (SSSR count). The van der Waals surface area contributed by atoms with Gasteiger partial charge in [-0.1, -0.05) is 0 Å². The van der Waals surface area contributed by atoms with Gasteiger partial charge in [0.25, 0.3) is 11.8 Å². The third-order valence-corrected chi connectivity index (χ3v) is 3.85. The molecule has 0 radical (unpaired) electrons. The van der Waals surface area contributed by atoms with Crippen LogP contribution in [0.3, 0.4) is 0 Å². The van der Waals surface area contributed by atoms with E-state index in [2.05, 4.69) is 33.0 Å². The molecule has 2 heterocycles. The molecule has 1 aliphatic heterocycles. The van der Waals surface area contributed by atoms with Crippen molar-refractivity contribution in [2.24, 2.45) is 0 Å². The Labute approximate surface area is 139 Å². The number of anilines is 1. The zero-order valence-electron chi connectivity index (χ0n) is 11.2. The highest BCUT2D eigenvalue weighted by Crippen LogP contribution is 2.25. The van der Waals surface area contributed by atoms with Crippen LogP contribution in [0.2, 0.25) is 0 Å². The highest BCUT2D eigenvalue weighted by molar-refractivity contribution is 14.1. The van der Waals surface area contributed by atoms with E-state index in [9.17, 15) is 14.7 Å². The van der Waals surface area contributed by atoms with Crippen molar-refractivity contribution < 1.29 is 14.7 Å². The quantitative estimate of drug-likeness (QED) is 0.346. The van der Waals surface area contributed by atoms with Gasteiger partial charge in [0.15, 0.2) is 5.57 Å².